The van der Waals surface area contributed by atoms with Crippen molar-refractivity contribution >= 4 is 17.5 Å². The van der Waals surface area contributed by atoms with Crippen molar-refractivity contribution in [2.45, 2.75) is 0 Å². The zero-order valence-corrected chi connectivity index (χ0v) is 9.08. The van der Waals surface area contributed by atoms with Crippen molar-refractivity contribution in [3.05, 3.63) is 46.1 Å². The quantitative estimate of drug-likeness (QED) is 0.335. The van der Waals surface area contributed by atoms with Crippen molar-refractivity contribution in [3.63, 3.8) is 0 Å². The van der Waals surface area contributed by atoms with Gasteiger partial charge in [0.05, 0.1) is 4.92 Å². The van der Waals surface area contributed by atoms with Crippen LogP contribution in [0.15, 0.2) is 30.5 Å². The number of hydrogen-bond donors (Lipinski definition) is 0. The molecule has 84 valence electrons. The number of carbonyl (C=O) groups excluding carboxylic acids is 1. The molecule has 0 atom stereocenters. The molecular weight excluding hydrogens is 208 g/mol. The first-order valence-corrected chi connectivity index (χ1v) is 4.63. The Morgan fingerprint density at radius 1 is 1.44 bits per heavy atom. The predicted molar refractivity (Wildman–Crippen MR) is 60.8 cm³/mol. The van der Waals surface area contributed by atoms with E-state index in [1.54, 1.807) is 37.3 Å². The van der Waals surface area contributed by atoms with Crippen molar-refractivity contribution in [2.75, 3.05) is 14.1 Å². The lowest BCUT2D eigenvalue weighted by Crippen LogP contribution is -2.03. The van der Waals surface area contributed by atoms with Crippen LogP contribution in [0.25, 0.3) is 5.57 Å². The van der Waals surface area contributed by atoms with Gasteiger partial charge in [0.1, 0.15) is 0 Å². The molecule has 0 saturated carbocycles. The third kappa shape index (κ3) is 2.91. The van der Waals surface area contributed by atoms with E-state index in [0.717, 1.165) is 0 Å². The van der Waals surface area contributed by atoms with Crippen molar-refractivity contribution in [1.82, 2.24) is 4.90 Å². The van der Waals surface area contributed by atoms with Crippen LogP contribution in [-0.2, 0) is 4.79 Å². The maximum absolute atomic E-state index is 10.9. The summed E-state index contributed by atoms with van der Waals surface area (Å²) in [4.78, 5) is 22.7. The van der Waals surface area contributed by atoms with Gasteiger partial charge < -0.3 is 4.90 Å². The lowest BCUT2D eigenvalue weighted by Gasteiger charge is -2.07. The van der Waals surface area contributed by atoms with E-state index < -0.39 is 4.92 Å². The van der Waals surface area contributed by atoms with Crippen LogP contribution in [0.5, 0.6) is 0 Å². The Hall–Kier alpha value is -2.17. The molecule has 0 aliphatic carbocycles. The van der Waals surface area contributed by atoms with Crippen LogP contribution in [0.2, 0.25) is 0 Å². The highest BCUT2D eigenvalue weighted by atomic mass is 16.6. The summed E-state index contributed by atoms with van der Waals surface area (Å²) in [6.07, 6.45) is 2.30. The number of non-ortho nitro benzene ring substituents is 1. The number of allylic oxidation sites excluding steroid dienone is 1. The van der Waals surface area contributed by atoms with E-state index in [-0.39, 0.29) is 5.69 Å². The molecule has 0 saturated heterocycles. The van der Waals surface area contributed by atoms with Gasteiger partial charge in [-0.15, -0.1) is 0 Å². The molecular formula is C11H12N2O3. The largest absolute Gasteiger partial charge is 0.383 e. The monoisotopic (exact) mass is 220 g/mol. The molecule has 1 aromatic rings. The summed E-state index contributed by atoms with van der Waals surface area (Å²) in [5.41, 5.74) is 0.926. The highest BCUT2D eigenvalue weighted by molar-refractivity contribution is 6.06. The van der Waals surface area contributed by atoms with Crippen molar-refractivity contribution in [1.29, 1.82) is 0 Å². The third-order valence-electron chi connectivity index (χ3n) is 1.91. The van der Waals surface area contributed by atoms with Crippen LogP contribution in [-0.4, -0.2) is 30.2 Å². The Kier molecular flexibility index (Phi) is 3.77. The van der Waals surface area contributed by atoms with Crippen molar-refractivity contribution in [3.8, 4) is 0 Å². The smallest absolute Gasteiger partial charge is 0.270 e. The maximum atomic E-state index is 10.9. The molecule has 0 spiro atoms. The second-order valence-electron chi connectivity index (χ2n) is 3.47. The fourth-order valence-corrected chi connectivity index (χ4v) is 1.25. The molecule has 16 heavy (non-hydrogen) atoms. The second kappa shape index (κ2) is 5.06. The molecule has 5 heteroatoms. The van der Waals surface area contributed by atoms with Gasteiger partial charge in [0, 0.05) is 38.0 Å². The van der Waals surface area contributed by atoms with Gasteiger partial charge in [-0.1, -0.05) is 12.1 Å². The van der Waals surface area contributed by atoms with Crippen LogP contribution < -0.4 is 0 Å². The van der Waals surface area contributed by atoms with Gasteiger partial charge in [0.2, 0.25) is 0 Å². The van der Waals surface area contributed by atoms with E-state index in [4.69, 9.17) is 0 Å². The lowest BCUT2D eigenvalue weighted by atomic mass is 10.1. The number of hydrogen-bond acceptors (Lipinski definition) is 4. The summed E-state index contributed by atoms with van der Waals surface area (Å²) in [7, 11) is 3.56. The molecule has 0 unspecified atom stereocenters. The summed E-state index contributed by atoms with van der Waals surface area (Å²) in [6, 6.07) is 5.99. The zero-order valence-electron chi connectivity index (χ0n) is 9.08. The summed E-state index contributed by atoms with van der Waals surface area (Å²) in [6.45, 7) is 0. The molecule has 0 N–H and O–H groups in total. The van der Waals surface area contributed by atoms with Gasteiger partial charge in [-0.2, -0.15) is 0 Å². The molecule has 0 heterocycles. The highest BCUT2D eigenvalue weighted by Crippen LogP contribution is 2.18. The molecule has 1 rings (SSSR count). The number of nitro groups is 1. The van der Waals surface area contributed by atoms with E-state index in [0.29, 0.717) is 17.4 Å². The molecule has 1 aromatic carbocycles. The standard InChI is InChI=1S/C11H12N2O3/c1-12(2)7-10(8-14)9-4-3-5-11(6-9)13(15)16/h3-8H,1-2H3/b10-7-. The SMILES string of the molecule is CN(C)/C=C(/C=O)c1cccc([N+](=O)[O-])c1. The Labute approximate surface area is 93.1 Å². The minimum absolute atomic E-state index is 0.0241. The minimum Gasteiger partial charge on any atom is -0.383 e. The number of nitrogens with zero attached hydrogens (tertiary/aromatic N) is 2. The third-order valence-corrected chi connectivity index (χ3v) is 1.91. The van der Waals surface area contributed by atoms with Gasteiger partial charge in [0.15, 0.2) is 6.29 Å². The zero-order chi connectivity index (χ0) is 12.1. The molecule has 0 radical (unpaired) electrons. The predicted octanol–water partition coefficient (Wildman–Crippen LogP) is 1.70. The average molecular weight is 220 g/mol. The summed E-state index contributed by atoms with van der Waals surface area (Å²) < 4.78 is 0. The lowest BCUT2D eigenvalue weighted by molar-refractivity contribution is -0.384. The molecule has 5 nitrogen and oxygen atoms in total. The first-order valence-electron chi connectivity index (χ1n) is 4.63. The molecule has 0 amide bonds. The van der Waals surface area contributed by atoms with Gasteiger partial charge in [-0.25, -0.2) is 0 Å². The van der Waals surface area contributed by atoms with Crippen molar-refractivity contribution < 1.29 is 9.72 Å². The Morgan fingerprint density at radius 3 is 2.62 bits per heavy atom. The summed E-state index contributed by atoms with van der Waals surface area (Å²) in [5.74, 6) is 0. The fraction of sp³-hybridized carbons (Fsp3) is 0.182. The second-order valence-corrected chi connectivity index (χ2v) is 3.47. The maximum Gasteiger partial charge on any atom is 0.270 e. The fourth-order valence-electron chi connectivity index (χ4n) is 1.25. The van der Waals surface area contributed by atoms with Crippen LogP contribution in [0.1, 0.15) is 5.56 Å². The molecule has 0 aliphatic heterocycles. The molecule has 0 fully saturated rings. The van der Waals surface area contributed by atoms with E-state index in [1.807, 2.05) is 0 Å². The van der Waals surface area contributed by atoms with Gasteiger partial charge in [0.25, 0.3) is 5.69 Å². The Balaban J connectivity index is 3.16. The van der Waals surface area contributed by atoms with Crippen LogP contribution in [0, 0.1) is 10.1 Å². The minimum atomic E-state index is -0.485. The molecule has 0 aliphatic rings. The number of rotatable bonds is 4. The van der Waals surface area contributed by atoms with Crippen LogP contribution >= 0.6 is 0 Å². The van der Waals surface area contributed by atoms with Gasteiger partial charge >= 0.3 is 0 Å². The van der Waals surface area contributed by atoms with Gasteiger partial charge in [-0.05, 0) is 5.56 Å². The Morgan fingerprint density at radius 2 is 2.12 bits per heavy atom. The molecule has 0 bridgehead atoms. The number of benzene rings is 1. The average Bonchev–Trinajstić information content (AvgIpc) is 2.25. The van der Waals surface area contributed by atoms with Crippen molar-refractivity contribution in [2.24, 2.45) is 0 Å². The van der Waals surface area contributed by atoms with E-state index >= 15 is 0 Å². The van der Waals surface area contributed by atoms with Crippen LogP contribution in [0.3, 0.4) is 0 Å². The van der Waals surface area contributed by atoms with E-state index in [2.05, 4.69) is 0 Å². The number of nitro benzene ring substituents is 1. The molecule has 0 aromatic heterocycles. The van der Waals surface area contributed by atoms with Crippen LogP contribution in [0.4, 0.5) is 5.69 Å². The number of carbonyl (C=O) groups is 1. The first kappa shape index (κ1) is 11.9. The normalized spacial score (nSPS) is 11.0. The highest BCUT2D eigenvalue weighted by Gasteiger charge is 2.08. The summed E-state index contributed by atoms with van der Waals surface area (Å²) >= 11 is 0. The Bertz CT molecular complexity index is 439. The summed E-state index contributed by atoms with van der Waals surface area (Å²) in [5, 5.41) is 10.6. The topological polar surface area (TPSA) is 63.5 Å². The first-order chi connectivity index (χ1) is 7.54. The van der Waals surface area contributed by atoms with E-state index in [1.165, 1.54) is 12.1 Å². The van der Waals surface area contributed by atoms with Gasteiger partial charge in [-0.3, -0.25) is 14.9 Å². The van der Waals surface area contributed by atoms with E-state index in [9.17, 15) is 14.9 Å². The number of aldehydes is 1.